The number of carbonyl (C=O) groups is 1. The average Bonchev–Trinajstić information content (AvgIpc) is 3.24. The van der Waals surface area contributed by atoms with Gasteiger partial charge in [0.05, 0.1) is 20.3 Å². The van der Waals surface area contributed by atoms with Crippen LogP contribution in [0.5, 0.6) is 5.75 Å². The maximum atomic E-state index is 12.9. The van der Waals surface area contributed by atoms with E-state index in [1.807, 2.05) is 35.2 Å². The number of furan rings is 1. The Balaban J connectivity index is 1.43. The molecular weight excluding hydrogens is 344 g/mol. The van der Waals surface area contributed by atoms with Gasteiger partial charge in [-0.2, -0.15) is 0 Å². The third-order valence-electron chi connectivity index (χ3n) is 5.44. The number of ether oxygens (including phenoxy) is 2. The van der Waals surface area contributed by atoms with E-state index >= 15 is 0 Å². The van der Waals surface area contributed by atoms with Crippen LogP contribution >= 0.6 is 0 Å². The average molecular weight is 370 g/mol. The number of rotatable bonds is 4. The minimum absolute atomic E-state index is 0.0206. The maximum Gasteiger partial charge on any atom is 0.289 e. The van der Waals surface area contributed by atoms with E-state index in [0.717, 1.165) is 63.5 Å². The molecule has 3 heterocycles. The molecule has 0 saturated carbocycles. The smallest absolute Gasteiger partial charge is 0.289 e. The number of piperidine rings is 1. The van der Waals surface area contributed by atoms with Gasteiger partial charge < -0.3 is 18.8 Å². The number of benzene rings is 1. The third-order valence-corrected chi connectivity index (χ3v) is 5.44. The zero-order valence-corrected chi connectivity index (χ0v) is 15.7. The number of hydrogen-bond donors (Lipinski definition) is 0. The van der Waals surface area contributed by atoms with E-state index in [9.17, 15) is 4.79 Å². The van der Waals surface area contributed by atoms with Crippen LogP contribution in [-0.4, -0.2) is 68.3 Å². The van der Waals surface area contributed by atoms with Crippen molar-refractivity contribution in [3.63, 3.8) is 0 Å². The summed E-state index contributed by atoms with van der Waals surface area (Å²) in [4.78, 5) is 17.3. The highest BCUT2D eigenvalue weighted by atomic mass is 16.5. The second kappa shape index (κ2) is 8.15. The van der Waals surface area contributed by atoms with E-state index in [2.05, 4.69) is 4.90 Å². The van der Waals surface area contributed by atoms with Crippen LogP contribution in [0.25, 0.3) is 11.3 Å². The molecule has 144 valence electrons. The lowest BCUT2D eigenvalue weighted by molar-refractivity contribution is -0.00163. The van der Waals surface area contributed by atoms with Gasteiger partial charge in [-0.15, -0.1) is 0 Å². The summed E-state index contributed by atoms with van der Waals surface area (Å²) in [5.74, 6) is 1.88. The first-order valence-electron chi connectivity index (χ1n) is 9.60. The minimum Gasteiger partial charge on any atom is -0.497 e. The first-order valence-corrected chi connectivity index (χ1v) is 9.60. The predicted molar refractivity (Wildman–Crippen MR) is 102 cm³/mol. The molecule has 6 heteroatoms. The lowest BCUT2D eigenvalue weighted by Crippen LogP contribution is -2.52. The summed E-state index contributed by atoms with van der Waals surface area (Å²) >= 11 is 0. The van der Waals surface area contributed by atoms with E-state index in [1.165, 1.54) is 0 Å². The summed E-state index contributed by atoms with van der Waals surface area (Å²) < 4.78 is 16.5. The van der Waals surface area contributed by atoms with Crippen LogP contribution in [0.1, 0.15) is 23.4 Å². The fourth-order valence-corrected chi connectivity index (χ4v) is 3.90. The summed E-state index contributed by atoms with van der Waals surface area (Å²) in [5.41, 5.74) is 0.930. The summed E-state index contributed by atoms with van der Waals surface area (Å²) in [5, 5.41) is 0. The highest BCUT2D eigenvalue weighted by molar-refractivity contribution is 5.92. The molecule has 4 rings (SSSR count). The molecule has 2 fully saturated rings. The first kappa shape index (κ1) is 18.1. The van der Waals surface area contributed by atoms with Gasteiger partial charge in [-0.05, 0) is 49.2 Å². The predicted octanol–water partition coefficient (Wildman–Crippen LogP) is 2.89. The SMILES string of the molecule is COc1ccc(-c2ccc(C(=O)N3CCCC(N4CCOCC4)C3)o2)cc1. The van der Waals surface area contributed by atoms with Gasteiger partial charge in [-0.25, -0.2) is 0 Å². The van der Waals surface area contributed by atoms with Crippen LogP contribution in [-0.2, 0) is 4.74 Å². The lowest BCUT2D eigenvalue weighted by Gasteiger charge is -2.40. The largest absolute Gasteiger partial charge is 0.497 e. The molecule has 2 aromatic rings. The second-order valence-electron chi connectivity index (χ2n) is 7.09. The summed E-state index contributed by atoms with van der Waals surface area (Å²) in [6, 6.07) is 11.7. The van der Waals surface area contributed by atoms with Gasteiger partial charge in [-0.3, -0.25) is 9.69 Å². The van der Waals surface area contributed by atoms with E-state index < -0.39 is 0 Å². The lowest BCUT2D eigenvalue weighted by atomic mass is 10.0. The number of methoxy groups -OCH3 is 1. The molecule has 6 nitrogen and oxygen atoms in total. The number of morpholine rings is 1. The zero-order valence-electron chi connectivity index (χ0n) is 15.7. The Bertz CT molecular complexity index is 765. The molecular formula is C21H26N2O4. The van der Waals surface area contributed by atoms with Crippen molar-refractivity contribution in [1.29, 1.82) is 0 Å². The molecule has 1 aromatic carbocycles. The van der Waals surface area contributed by atoms with Crippen molar-refractivity contribution in [2.75, 3.05) is 46.5 Å². The number of likely N-dealkylation sites (tertiary alicyclic amines) is 1. The van der Waals surface area contributed by atoms with Crippen molar-refractivity contribution in [1.82, 2.24) is 9.80 Å². The molecule has 27 heavy (non-hydrogen) atoms. The Labute approximate surface area is 159 Å². The van der Waals surface area contributed by atoms with Crippen LogP contribution in [0, 0.1) is 0 Å². The van der Waals surface area contributed by atoms with Crippen molar-refractivity contribution in [2.24, 2.45) is 0 Å². The number of nitrogens with zero attached hydrogens (tertiary/aromatic N) is 2. The molecule has 1 aromatic heterocycles. The highest BCUT2D eigenvalue weighted by Crippen LogP contribution is 2.26. The molecule has 0 radical (unpaired) electrons. The second-order valence-corrected chi connectivity index (χ2v) is 7.09. The van der Waals surface area contributed by atoms with Crippen LogP contribution < -0.4 is 4.74 Å². The molecule has 0 spiro atoms. The van der Waals surface area contributed by atoms with Crippen LogP contribution in [0.4, 0.5) is 0 Å². The van der Waals surface area contributed by atoms with Gasteiger partial charge in [0, 0.05) is 37.8 Å². The maximum absolute atomic E-state index is 12.9. The van der Waals surface area contributed by atoms with Crippen molar-refractivity contribution in [2.45, 2.75) is 18.9 Å². The summed E-state index contributed by atoms with van der Waals surface area (Å²) in [6.07, 6.45) is 2.17. The Morgan fingerprint density at radius 1 is 1.07 bits per heavy atom. The number of hydrogen-bond acceptors (Lipinski definition) is 5. The van der Waals surface area contributed by atoms with Gasteiger partial charge in [0.1, 0.15) is 11.5 Å². The fraction of sp³-hybridized carbons (Fsp3) is 0.476. The van der Waals surface area contributed by atoms with Gasteiger partial charge in [0.25, 0.3) is 5.91 Å². The van der Waals surface area contributed by atoms with Crippen LogP contribution in [0.2, 0.25) is 0 Å². The monoisotopic (exact) mass is 370 g/mol. The Morgan fingerprint density at radius 3 is 2.59 bits per heavy atom. The van der Waals surface area contributed by atoms with Gasteiger partial charge in [-0.1, -0.05) is 0 Å². The van der Waals surface area contributed by atoms with Crippen molar-refractivity contribution < 1.29 is 18.7 Å². The highest BCUT2D eigenvalue weighted by Gasteiger charge is 2.30. The Kier molecular flexibility index (Phi) is 5.45. The first-order chi connectivity index (χ1) is 13.2. The Hall–Kier alpha value is -2.31. The fourth-order valence-electron chi connectivity index (χ4n) is 3.90. The molecule has 0 N–H and O–H groups in total. The van der Waals surface area contributed by atoms with E-state index in [4.69, 9.17) is 13.9 Å². The number of amides is 1. The quantitative estimate of drug-likeness (QED) is 0.828. The molecule has 2 aliphatic rings. The van der Waals surface area contributed by atoms with Gasteiger partial charge >= 0.3 is 0 Å². The topological polar surface area (TPSA) is 55.2 Å². The minimum atomic E-state index is -0.0206. The van der Waals surface area contributed by atoms with E-state index in [0.29, 0.717) is 17.6 Å². The summed E-state index contributed by atoms with van der Waals surface area (Å²) in [7, 11) is 1.64. The Morgan fingerprint density at radius 2 is 1.85 bits per heavy atom. The zero-order chi connectivity index (χ0) is 18.6. The molecule has 1 amide bonds. The van der Waals surface area contributed by atoms with Crippen LogP contribution in [0.15, 0.2) is 40.8 Å². The summed E-state index contributed by atoms with van der Waals surface area (Å²) in [6.45, 7) is 5.03. The molecule has 2 saturated heterocycles. The van der Waals surface area contributed by atoms with Gasteiger partial charge in [0.15, 0.2) is 5.76 Å². The molecule has 0 bridgehead atoms. The molecule has 1 atom stereocenters. The standard InChI is InChI=1S/C21H26N2O4/c1-25-18-6-4-16(5-7-18)19-8-9-20(27-19)21(24)23-10-2-3-17(15-23)22-11-13-26-14-12-22/h4-9,17H,2-3,10-15H2,1H3. The van der Waals surface area contributed by atoms with Crippen molar-refractivity contribution in [3.8, 4) is 17.1 Å². The number of carbonyl (C=O) groups excluding carboxylic acids is 1. The normalized spacial score (nSPS) is 21.2. The van der Waals surface area contributed by atoms with E-state index in [-0.39, 0.29) is 5.91 Å². The van der Waals surface area contributed by atoms with Crippen molar-refractivity contribution >= 4 is 5.91 Å². The van der Waals surface area contributed by atoms with Crippen molar-refractivity contribution in [3.05, 3.63) is 42.2 Å². The van der Waals surface area contributed by atoms with Crippen LogP contribution in [0.3, 0.4) is 0 Å². The molecule has 2 aliphatic heterocycles. The van der Waals surface area contributed by atoms with E-state index in [1.54, 1.807) is 13.2 Å². The molecule has 1 unspecified atom stereocenters. The third kappa shape index (κ3) is 4.01. The molecule has 0 aliphatic carbocycles. The van der Waals surface area contributed by atoms with Gasteiger partial charge in [0.2, 0.25) is 0 Å².